The Morgan fingerprint density at radius 1 is 1.62 bits per heavy atom. The van der Waals surface area contributed by atoms with E-state index in [2.05, 4.69) is 0 Å². The van der Waals surface area contributed by atoms with Crippen molar-refractivity contribution < 1.29 is 9.46 Å². The second kappa shape index (κ2) is 4.37. The van der Waals surface area contributed by atoms with E-state index in [1.807, 2.05) is 6.92 Å². The summed E-state index contributed by atoms with van der Waals surface area (Å²) in [7, 11) is -2.67. The van der Waals surface area contributed by atoms with Gasteiger partial charge in [0.15, 0.2) is 7.37 Å². The molecule has 0 rings (SSSR count). The molecule has 0 aromatic carbocycles. The summed E-state index contributed by atoms with van der Waals surface area (Å²) in [5.74, 6) is 0. The van der Waals surface area contributed by atoms with Crippen LogP contribution in [0.15, 0.2) is 0 Å². The lowest BCUT2D eigenvalue weighted by Crippen LogP contribution is -1.81. The molecule has 0 radical (unpaired) electrons. The molecule has 0 bridgehead atoms. The van der Waals surface area contributed by atoms with Crippen LogP contribution in [-0.4, -0.2) is 17.7 Å². The number of rotatable bonds is 2. The van der Waals surface area contributed by atoms with Gasteiger partial charge >= 0.3 is 0 Å². The average Bonchev–Trinajstić information content (AvgIpc) is 1.30. The van der Waals surface area contributed by atoms with E-state index < -0.39 is 7.37 Å². The summed E-state index contributed by atoms with van der Waals surface area (Å²) < 4.78 is 10.4. The van der Waals surface area contributed by atoms with E-state index >= 15 is 0 Å². The molecule has 0 saturated carbocycles. The minimum atomic E-state index is -2.67. The molecule has 1 atom stereocenters. The molecule has 0 spiro atoms. The minimum absolute atomic E-state index is 0. The molecule has 8 heavy (non-hydrogen) atoms. The Morgan fingerprint density at radius 3 is 2.00 bits per heavy atom. The van der Waals surface area contributed by atoms with Gasteiger partial charge in [-0.25, -0.2) is 0 Å². The molecular formula is C4H12ClO2P. The minimum Gasteiger partial charge on any atom is -0.344 e. The number of hydrogen-bond donors (Lipinski definition) is 1. The van der Waals surface area contributed by atoms with Crippen LogP contribution in [0.1, 0.15) is 13.3 Å². The second-order valence-electron chi connectivity index (χ2n) is 1.77. The highest BCUT2D eigenvalue weighted by Gasteiger charge is 2.04. The van der Waals surface area contributed by atoms with Crippen molar-refractivity contribution in [1.82, 2.24) is 0 Å². The van der Waals surface area contributed by atoms with Crippen molar-refractivity contribution in [3.8, 4) is 0 Å². The Balaban J connectivity index is 0. The predicted molar refractivity (Wildman–Crippen MR) is 38.2 cm³/mol. The van der Waals surface area contributed by atoms with E-state index in [0.29, 0.717) is 6.16 Å². The molecule has 4 heteroatoms. The summed E-state index contributed by atoms with van der Waals surface area (Å²) in [5.41, 5.74) is 0. The quantitative estimate of drug-likeness (QED) is 0.622. The Bertz CT molecular complexity index is 88.0. The van der Waals surface area contributed by atoms with Gasteiger partial charge in [0.05, 0.1) is 0 Å². The molecule has 0 aliphatic carbocycles. The van der Waals surface area contributed by atoms with E-state index in [0.717, 1.165) is 6.42 Å². The molecule has 2 nitrogen and oxygen atoms in total. The molecule has 0 aromatic heterocycles. The van der Waals surface area contributed by atoms with Gasteiger partial charge in [0.2, 0.25) is 0 Å². The monoisotopic (exact) mass is 158 g/mol. The highest BCUT2D eigenvalue weighted by Crippen LogP contribution is 2.35. The molecule has 1 unspecified atom stereocenters. The van der Waals surface area contributed by atoms with Gasteiger partial charge in [-0.15, -0.1) is 12.4 Å². The van der Waals surface area contributed by atoms with Crippen LogP contribution in [0.2, 0.25) is 0 Å². The zero-order chi connectivity index (χ0) is 5.91. The molecule has 0 amide bonds. The van der Waals surface area contributed by atoms with Gasteiger partial charge in [0.25, 0.3) is 0 Å². The van der Waals surface area contributed by atoms with Gasteiger partial charge in [-0.05, 0) is 6.42 Å². The first-order valence-corrected chi connectivity index (χ1v) is 4.65. The maximum absolute atomic E-state index is 10.4. The zero-order valence-electron chi connectivity index (χ0n) is 5.13. The van der Waals surface area contributed by atoms with Gasteiger partial charge in [-0.1, -0.05) is 6.92 Å². The van der Waals surface area contributed by atoms with E-state index in [-0.39, 0.29) is 12.4 Å². The lowest BCUT2D eigenvalue weighted by atomic mass is 10.6. The zero-order valence-corrected chi connectivity index (χ0v) is 6.84. The molecule has 0 fully saturated rings. The highest BCUT2D eigenvalue weighted by atomic mass is 35.5. The lowest BCUT2D eigenvalue weighted by molar-refractivity contribution is 0.484. The third kappa shape index (κ3) is 9.70. The van der Waals surface area contributed by atoms with Crippen LogP contribution in [0.4, 0.5) is 0 Å². The largest absolute Gasteiger partial charge is 0.344 e. The van der Waals surface area contributed by atoms with E-state index in [4.69, 9.17) is 4.89 Å². The van der Waals surface area contributed by atoms with Crippen LogP contribution >= 0.6 is 19.8 Å². The average molecular weight is 159 g/mol. The fourth-order valence-electron chi connectivity index (χ4n) is 0.415. The third-order valence-corrected chi connectivity index (χ3v) is 1.92. The van der Waals surface area contributed by atoms with Crippen LogP contribution in [-0.2, 0) is 4.57 Å². The van der Waals surface area contributed by atoms with Gasteiger partial charge in [0.1, 0.15) is 0 Å². The van der Waals surface area contributed by atoms with Crippen LogP contribution < -0.4 is 0 Å². The smallest absolute Gasteiger partial charge is 0.197 e. The normalized spacial score (nSPS) is 16.4. The summed E-state index contributed by atoms with van der Waals surface area (Å²) in [6, 6.07) is 0. The summed E-state index contributed by atoms with van der Waals surface area (Å²) in [4.78, 5) is 8.57. The van der Waals surface area contributed by atoms with Gasteiger partial charge in [0, 0.05) is 12.8 Å². The van der Waals surface area contributed by atoms with Crippen LogP contribution in [0, 0.1) is 0 Å². The van der Waals surface area contributed by atoms with Crippen molar-refractivity contribution in [1.29, 1.82) is 0 Å². The van der Waals surface area contributed by atoms with Crippen molar-refractivity contribution in [2.24, 2.45) is 0 Å². The van der Waals surface area contributed by atoms with Crippen molar-refractivity contribution in [2.45, 2.75) is 13.3 Å². The Labute approximate surface area is 56.2 Å². The summed E-state index contributed by atoms with van der Waals surface area (Å²) in [6.45, 7) is 3.28. The van der Waals surface area contributed by atoms with Crippen LogP contribution in [0.3, 0.4) is 0 Å². The number of hydrogen-bond acceptors (Lipinski definition) is 1. The SMILES string of the molecule is CCCP(C)(=O)O.Cl. The van der Waals surface area contributed by atoms with Gasteiger partial charge in [-0.3, -0.25) is 4.57 Å². The molecule has 0 aromatic rings. The summed E-state index contributed by atoms with van der Waals surface area (Å²) >= 11 is 0. The van der Waals surface area contributed by atoms with Crippen molar-refractivity contribution >= 4 is 19.8 Å². The topological polar surface area (TPSA) is 37.3 Å². The van der Waals surface area contributed by atoms with E-state index in [1.54, 1.807) is 0 Å². The highest BCUT2D eigenvalue weighted by molar-refractivity contribution is 7.57. The van der Waals surface area contributed by atoms with Gasteiger partial charge in [-0.2, -0.15) is 0 Å². The Morgan fingerprint density at radius 2 is 2.00 bits per heavy atom. The molecule has 0 aliphatic rings. The second-order valence-corrected chi connectivity index (χ2v) is 4.32. The fraction of sp³-hybridized carbons (Fsp3) is 1.00. The molecule has 1 N–H and O–H groups in total. The standard InChI is InChI=1S/C4H11O2P.ClH/c1-3-4-7(2,5)6;/h3-4H2,1-2H3,(H,5,6);1H. The van der Waals surface area contributed by atoms with E-state index in [1.165, 1.54) is 6.66 Å². The maximum atomic E-state index is 10.4. The van der Waals surface area contributed by atoms with Crippen LogP contribution in [0.25, 0.3) is 0 Å². The predicted octanol–water partition coefficient (Wildman–Crippen LogP) is 1.72. The van der Waals surface area contributed by atoms with Crippen molar-refractivity contribution in [3.05, 3.63) is 0 Å². The molecule has 0 saturated heterocycles. The molecular weight excluding hydrogens is 146 g/mol. The first kappa shape index (κ1) is 11.3. The third-order valence-electron chi connectivity index (χ3n) is 0.639. The fourth-order valence-corrected chi connectivity index (χ4v) is 1.24. The molecule has 0 aliphatic heterocycles. The molecule has 0 heterocycles. The van der Waals surface area contributed by atoms with E-state index in [9.17, 15) is 4.57 Å². The van der Waals surface area contributed by atoms with Crippen molar-refractivity contribution in [3.63, 3.8) is 0 Å². The van der Waals surface area contributed by atoms with Gasteiger partial charge < -0.3 is 4.89 Å². The lowest BCUT2D eigenvalue weighted by Gasteiger charge is -1.98. The van der Waals surface area contributed by atoms with Crippen molar-refractivity contribution in [2.75, 3.05) is 12.8 Å². The summed E-state index contributed by atoms with van der Waals surface area (Å²) in [5, 5.41) is 0. The Kier molecular flexibility index (Phi) is 6.17. The summed E-state index contributed by atoms with van der Waals surface area (Å²) in [6.07, 6.45) is 1.25. The van der Waals surface area contributed by atoms with Crippen LogP contribution in [0.5, 0.6) is 0 Å². The Hall–Kier alpha value is 0.480. The number of halogens is 1. The molecule has 52 valence electrons. The first-order valence-electron chi connectivity index (χ1n) is 2.35. The maximum Gasteiger partial charge on any atom is 0.197 e. The first-order chi connectivity index (χ1) is 3.06.